The molecule has 27 heavy (non-hydrogen) atoms. The van der Waals surface area contributed by atoms with Crippen LogP contribution in [0.1, 0.15) is 19.4 Å². The van der Waals surface area contributed by atoms with Gasteiger partial charge in [-0.1, -0.05) is 12.1 Å². The molecule has 0 radical (unpaired) electrons. The van der Waals surface area contributed by atoms with E-state index in [-0.39, 0.29) is 16.7 Å². The number of halogens is 1. The van der Waals surface area contributed by atoms with Gasteiger partial charge in [0.15, 0.2) is 11.6 Å². The average Bonchev–Trinajstić information content (AvgIpc) is 3.30. The molecule has 142 valence electrons. The highest BCUT2D eigenvalue weighted by atomic mass is 32.2. The smallest absolute Gasteiger partial charge is 0.243 e. The molecule has 2 heterocycles. The van der Waals surface area contributed by atoms with Crippen molar-refractivity contribution in [3.63, 3.8) is 0 Å². The Bertz CT molecular complexity index is 1080. The monoisotopic (exact) mass is 389 g/mol. The number of fused-ring (bicyclic) bond motifs is 1. The second-order valence-electron chi connectivity index (χ2n) is 6.47. The van der Waals surface area contributed by atoms with Crippen molar-refractivity contribution >= 4 is 21.1 Å². The highest BCUT2D eigenvalue weighted by Gasteiger charge is 2.34. The van der Waals surface area contributed by atoms with Gasteiger partial charge in [0.25, 0.3) is 0 Å². The van der Waals surface area contributed by atoms with Crippen LogP contribution in [0.3, 0.4) is 0 Å². The molecular weight excluding hydrogens is 369 g/mol. The number of nitrogens with zero attached hydrogens (tertiary/aromatic N) is 3. The Morgan fingerprint density at radius 1 is 1.26 bits per heavy atom. The summed E-state index contributed by atoms with van der Waals surface area (Å²) >= 11 is 0. The minimum Gasteiger partial charge on any atom is -0.491 e. The number of rotatable bonds is 5. The SMILES string of the molecule is CCOc1ccc(S(=O)(=O)N2CC[C@@H](n3cnc4ccccc43)C2)cc1F. The number of aromatic nitrogens is 2. The molecule has 0 unspecified atom stereocenters. The van der Waals surface area contributed by atoms with E-state index in [4.69, 9.17) is 4.74 Å². The predicted molar refractivity (Wildman–Crippen MR) is 99.7 cm³/mol. The van der Waals surface area contributed by atoms with Gasteiger partial charge in [0.2, 0.25) is 10.0 Å². The highest BCUT2D eigenvalue weighted by molar-refractivity contribution is 7.89. The van der Waals surface area contributed by atoms with Gasteiger partial charge in [0.05, 0.1) is 34.9 Å². The van der Waals surface area contributed by atoms with Crippen molar-refractivity contribution in [3.05, 3.63) is 54.6 Å². The third-order valence-electron chi connectivity index (χ3n) is 4.84. The van der Waals surface area contributed by atoms with Crippen molar-refractivity contribution in [2.45, 2.75) is 24.3 Å². The third kappa shape index (κ3) is 3.19. The first kappa shape index (κ1) is 17.9. The lowest BCUT2D eigenvalue weighted by atomic mass is 10.2. The normalized spacial score (nSPS) is 18.2. The Morgan fingerprint density at radius 2 is 2.07 bits per heavy atom. The molecule has 3 aromatic rings. The van der Waals surface area contributed by atoms with Crippen LogP contribution in [0.2, 0.25) is 0 Å². The van der Waals surface area contributed by atoms with E-state index in [1.807, 2.05) is 28.8 Å². The fourth-order valence-corrected chi connectivity index (χ4v) is 4.99. The van der Waals surface area contributed by atoms with E-state index < -0.39 is 15.8 Å². The van der Waals surface area contributed by atoms with Crippen molar-refractivity contribution in [2.75, 3.05) is 19.7 Å². The molecule has 0 aliphatic carbocycles. The lowest BCUT2D eigenvalue weighted by Gasteiger charge is -2.18. The molecule has 0 N–H and O–H groups in total. The van der Waals surface area contributed by atoms with Gasteiger partial charge in [-0.25, -0.2) is 17.8 Å². The molecule has 0 spiro atoms. The minimum absolute atomic E-state index is 0.000259. The number of hydrogen-bond acceptors (Lipinski definition) is 4. The maximum Gasteiger partial charge on any atom is 0.243 e. The van der Waals surface area contributed by atoms with Gasteiger partial charge in [-0.15, -0.1) is 0 Å². The summed E-state index contributed by atoms with van der Waals surface area (Å²) < 4.78 is 48.5. The van der Waals surface area contributed by atoms with Gasteiger partial charge in [-0.05, 0) is 43.7 Å². The summed E-state index contributed by atoms with van der Waals surface area (Å²) in [6, 6.07) is 11.5. The standard InChI is InChI=1S/C19H20FN3O3S/c1-2-26-19-8-7-15(11-16(19)20)27(24,25)22-10-9-14(12-22)23-13-21-17-5-3-4-6-18(17)23/h3-8,11,13-14H,2,9-10,12H2,1H3/t14-/m1/s1. The molecule has 1 atom stereocenters. The van der Waals surface area contributed by atoms with Crippen molar-refractivity contribution in [1.82, 2.24) is 13.9 Å². The Balaban J connectivity index is 1.58. The number of sulfonamides is 1. The zero-order valence-corrected chi connectivity index (χ0v) is 15.7. The lowest BCUT2D eigenvalue weighted by Crippen LogP contribution is -2.29. The molecule has 0 amide bonds. The molecule has 1 fully saturated rings. The fraction of sp³-hybridized carbons (Fsp3) is 0.316. The zero-order chi connectivity index (χ0) is 19.0. The number of hydrogen-bond donors (Lipinski definition) is 0. The van der Waals surface area contributed by atoms with E-state index in [0.29, 0.717) is 26.1 Å². The first-order valence-corrected chi connectivity index (χ1v) is 10.3. The summed E-state index contributed by atoms with van der Waals surface area (Å²) in [6.07, 6.45) is 2.43. The predicted octanol–water partition coefficient (Wildman–Crippen LogP) is 3.21. The molecule has 1 aliphatic heterocycles. The van der Waals surface area contributed by atoms with E-state index in [1.165, 1.54) is 16.4 Å². The van der Waals surface area contributed by atoms with Crippen LogP contribution in [0.5, 0.6) is 5.75 Å². The summed E-state index contributed by atoms with van der Waals surface area (Å²) in [5.41, 5.74) is 1.86. The third-order valence-corrected chi connectivity index (χ3v) is 6.70. The van der Waals surface area contributed by atoms with Crippen molar-refractivity contribution in [3.8, 4) is 5.75 Å². The fourth-order valence-electron chi connectivity index (χ4n) is 3.49. The molecule has 1 saturated heterocycles. The van der Waals surface area contributed by atoms with Crippen LogP contribution in [0, 0.1) is 5.82 Å². The van der Waals surface area contributed by atoms with Gasteiger partial charge >= 0.3 is 0 Å². The van der Waals surface area contributed by atoms with Crippen LogP contribution in [0.25, 0.3) is 11.0 Å². The van der Waals surface area contributed by atoms with Crippen molar-refractivity contribution in [1.29, 1.82) is 0 Å². The van der Waals surface area contributed by atoms with E-state index >= 15 is 0 Å². The van der Waals surface area contributed by atoms with Crippen LogP contribution < -0.4 is 4.74 Å². The average molecular weight is 389 g/mol. The van der Waals surface area contributed by atoms with Gasteiger partial charge in [0, 0.05) is 13.1 Å². The maximum absolute atomic E-state index is 14.1. The number of ether oxygens (including phenoxy) is 1. The minimum atomic E-state index is -3.77. The van der Waals surface area contributed by atoms with Gasteiger partial charge < -0.3 is 9.30 Å². The first-order chi connectivity index (χ1) is 13.0. The Kier molecular flexibility index (Phi) is 4.61. The summed E-state index contributed by atoms with van der Waals surface area (Å²) in [4.78, 5) is 4.32. The maximum atomic E-state index is 14.1. The van der Waals surface area contributed by atoms with Crippen LogP contribution in [0.4, 0.5) is 4.39 Å². The molecule has 4 rings (SSSR count). The molecule has 1 aliphatic rings. The molecule has 8 heteroatoms. The van der Waals surface area contributed by atoms with E-state index in [2.05, 4.69) is 4.98 Å². The van der Waals surface area contributed by atoms with E-state index in [9.17, 15) is 12.8 Å². The summed E-state index contributed by atoms with van der Waals surface area (Å²) in [6.45, 7) is 2.77. The molecular formula is C19H20FN3O3S. The second-order valence-corrected chi connectivity index (χ2v) is 8.41. The topological polar surface area (TPSA) is 64.4 Å². The summed E-state index contributed by atoms with van der Waals surface area (Å²) in [7, 11) is -3.77. The van der Waals surface area contributed by atoms with Crippen molar-refractivity contribution < 1.29 is 17.5 Å². The molecule has 0 saturated carbocycles. The second kappa shape index (κ2) is 6.94. The first-order valence-electron chi connectivity index (χ1n) is 8.85. The van der Waals surface area contributed by atoms with E-state index in [1.54, 1.807) is 13.3 Å². The Hall–Kier alpha value is -2.45. The number of imidazole rings is 1. The van der Waals surface area contributed by atoms with Gasteiger partial charge in [-0.3, -0.25) is 0 Å². The molecule has 0 bridgehead atoms. The summed E-state index contributed by atoms with van der Waals surface area (Å²) in [5, 5.41) is 0. The van der Waals surface area contributed by atoms with Gasteiger partial charge in [0.1, 0.15) is 0 Å². The van der Waals surface area contributed by atoms with Crippen LogP contribution in [0.15, 0.2) is 53.7 Å². The Morgan fingerprint density at radius 3 is 2.85 bits per heavy atom. The Labute approximate surface area is 157 Å². The molecule has 1 aromatic heterocycles. The number of benzene rings is 2. The highest BCUT2D eigenvalue weighted by Crippen LogP contribution is 2.31. The number of para-hydroxylation sites is 2. The van der Waals surface area contributed by atoms with Crippen LogP contribution >= 0.6 is 0 Å². The van der Waals surface area contributed by atoms with Gasteiger partial charge in [-0.2, -0.15) is 4.31 Å². The zero-order valence-electron chi connectivity index (χ0n) is 14.9. The summed E-state index contributed by atoms with van der Waals surface area (Å²) in [5.74, 6) is -0.616. The quantitative estimate of drug-likeness (QED) is 0.672. The van der Waals surface area contributed by atoms with Crippen molar-refractivity contribution in [2.24, 2.45) is 0 Å². The van der Waals surface area contributed by atoms with Crippen LogP contribution in [-0.4, -0.2) is 42.0 Å². The van der Waals surface area contributed by atoms with E-state index in [0.717, 1.165) is 17.1 Å². The van der Waals surface area contributed by atoms with Crippen LogP contribution in [-0.2, 0) is 10.0 Å². The molecule has 2 aromatic carbocycles. The molecule has 6 nitrogen and oxygen atoms in total. The lowest BCUT2D eigenvalue weighted by molar-refractivity contribution is 0.321. The largest absolute Gasteiger partial charge is 0.491 e.